The SMILES string of the molecule is O=C(NCC1CNC1)C1CCCC(C(F)(F)F)C1. The molecule has 0 spiro atoms. The number of amides is 1. The van der Waals surface area contributed by atoms with Gasteiger partial charge in [-0.15, -0.1) is 0 Å². The molecule has 0 radical (unpaired) electrons. The van der Waals surface area contributed by atoms with Gasteiger partial charge in [-0.2, -0.15) is 13.2 Å². The summed E-state index contributed by atoms with van der Waals surface area (Å²) in [7, 11) is 0. The van der Waals surface area contributed by atoms with Gasteiger partial charge in [0.2, 0.25) is 5.91 Å². The van der Waals surface area contributed by atoms with Crippen LogP contribution in [0.4, 0.5) is 13.2 Å². The zero-order valence-corrected chi connectivity index (χ0v) is 10.2. The second-order valence-corrected chi connectivity index (χ2v) is 5.37. The van der Waals surface area contributed by atoms with E-state index < -0.39 is 18.0 Å². The van der Waals surface area contributed by atoms with Gasteiger partial charge in [0, 0.05) is 31.5 Å². The number of hydrogen-bond donors (Lipinski definition) is 2. The highest BCUT2D eigenvalue weighted by atomic mass is 19.4. The van der Waals surface area contributed by atoms with Crippen molar-refractivity contribution in [2.75, 3.05) is 19.6 Å². The Balaban J connectivity index is 1.78. The van der Waals surface area contributed by atoms with Crippen LogP contribution in [0.1, 0.15) is 25.7 Å². The molecule has 1 saturated heterocycles. The summed E-state index contributed by atoms with van der Waals surface area (Å²) in [5.74, 6) is -1.52. The molecule has 1 aliphatic heterocycles. The summed E-state index contributed by atoms with van der Waals surface area (Å²) in [6.45, 7) is 2.35. The molecule has 1 heterocycles. The first-order valence-corrected chi connectivity index (χ1v) is 6.52. The van der Waals surface area contributed by atoms with Crippen LogP contribution in [-0.2, 0) is 4.79 Å². The Morgan fingerprint density at radius 3 is 2.56 bits per heavy atom. The van der Waals surface area contributed by atoms with E-state index in [0.717, 1.165) is 13.1 Å². The molecule has 1 aliphatic carbocycles. The van der Waals surface area contributed by atoms with E-state index in [1.807, 2.05) is 0 Å². The van der Waals surface area contributed by atoms with Crippen LogP contribution >= 0.6 is 0 Å². The second-order valence-electron chi connectivity index (χ2n) is 5.37. The lowest BCUT2D eigenvalue weighted by Gasteiger charge is -2.31. The molecule has 2 atom stereocenters. The van der Waals surface area contributed by atoms with Crippen LogP contribution in [-0.4, -0.2) is 31.7 Å². The van der Waals surface area contributed by atoms with E-state index in [2.05, 4.69) is 10.6 Å². The lowest BCUT2D eigenvalue weighted by molar-refractivity contribution is -0.186. The number of nitrogens with one attached hydrogen (secondary N) is 2. The normalized spacial score (nSPS) is 29.7. The molecule has 18 heavy (non-hydrogen) atoms. The average Bonchev–Trinajstić information content (AvgIpc) is 2.26. The van der Waals surface area contributed by atoms with E-state index >= 15 is 0 Å². The van der Waals surface area contributed by atoms with E-state index in [-0.39, 0.29) is 18.7 Å². The standard InChI is InChI=1S/C12H19F3N2O/c13-12(14,15)10-3-1-2-9(4-10)11(18)17-7-8-5-16-6-8/h8-10,16H,1-7H2,(H,17,18). The molecule has 0 aromatic rings. The average molecular weight is 264 g/mol. The topological polar surface area (TPSA) is 41.1 Å². The van der Waals surface area contributed by atoms with Gasteiger partial charge in [0.25, 0.3) is 0 Å². The van der Waals surface area contributed by atoms with Gasteiger partial charge in [0.05, 0.1) is 5.92 Å². The Morgan fingerprint density at radius 1 is 1.28 bits per heavy atom. The third-order valence-electron chi connectivity index (χ3n) is 3.94. The van der Waals surface area contributed by atoms with Crippen LogP contribution in [0.3, 0.4) is 0 Å². The van der Waals surface area contributed by atoms with Crippen molar-refractivity contribution in [3.8, 4) is 0 Å². The van der Waals surface area contributed by atoms with Gasteiger partial charge < -0.3 is 10.6 Å². The quantitative estimate of drug-likeness (QED) is 0.814. The number of hydrogen-bond acceptors (Lipinski definition) is 2. The zero-order valence-electron chi connectivity index (χ0n) is 10.2. The Labute approximate surface area is 104 Å². The predicted octanol–water partition coefficient (Wildman–Crippen LogP) is 1.69. The Bertz CT molecular complexity index is 302. The fraction of sp³-hybridized carbons (Fsp3) is 0.917. The minimum atomic E-state index is -4.16. The molecule has 1 saturated carbocycles. The third kappa shape index (κ3) is 3.37. The summed E-state index contributed by atoms with van der Waals surface area (Å²) < 4.78 is 37.8. The van der Waals surface area contributed by atoms with Crippen molar-refractivity contribution in [3.63, 3.8) is 0 Å². The largest absolute Gasteiger partial charge is 0.391 e. The molecule has 1 amide bonds. The molecule has 2 fully saturated rings. The van der Waals surface area contributed by atoms with E-state index in [1.54, 1.807) is 0 Å². The maximum Gasteiger partial charge on any atom is 0.391 e. The first-order chi connectivity index (χ1) is 8.47. The third-order valence-corrected chi connectivity index (χ3v) is 3.94. The molecule has 104 valence electrons. The van der Waals surface area contributed by atoms with Crippen molar-refractivity contribution in [2.24, 2.45) is 17.8 Å². The minimum absolute atomic E-state index is 0.0434. The Morgan fingerprint density at radius 2 is 2.00 bits per heavy atom. The monoisotopic (exact) mass is 264 g/mol. The van der Waals surface area contributed by atoms with Crippen molar-refractivity contribution < 1.29 is 18.0 Å². The molecule has 0 bridgehead atoms. The van der Waals surface area contributed by atoms with Crippen LogP contribution < -0.4 is 10.6 Å². The molecule has 2 N–H and O–H groups in total. The summed E-state index contributed by atoms with van der Waals surface area (Å²) in [5.41, 5.74) is 0. The number of alkyl halides is 3. The van der Waals surface area contributed by atoms with Gasteiger partial charge in [0.1, 0.15) is 0 Å². The smallest absolute Gasteiger partial charge is 0.355 e. The lowest BCUT2D eigenvalue weighted by Crippen LogP contribution is -2.49. The summed E-state index contributed by atoms with van der Waals surface area (Å²) in [6, 6.07) is 0. The molecule has 2 rings (SSSR count). The lowest BCUT2D eigenvalue weighted by atomic mass is 9.80. The van der Waals surface area contributed by atoms with Crippen molar-refractivity contribution >= 4 is 5.91 Å². The highest BCUT2D eigenvalue weighted by Crippen LogP contribution is 2.39. The predicted molar refractivity (Wildman–Crippen MR) is 60.9 cm³/mol. The van der Waals surface area contributed by atoms with E-state index in [4.69, 9.17) is 0 Å². The van der Waals surface area contributed by atoms with Crippen LogP contribution in [0.5, 0.6) is 0 Å². The van der Waals surface area contributed by atoms with Gasteiger partial charge in [-0.3, -0.25) is 4.79 Å². The van der Waals surface area contributed by atoms with Crippen LogP contribution in [0.15, 0.2) is 0 Å². The van der Waals surface area contributed by atoms with Crippen molar-refractivity contribution in [3.05, 3.63) is 0 Å². The number of carbonyl (C=O) groups is 1. The number of carbonyl (C=O) groups excluding carboxylic acids is 1. The molecular weight excluding hydrogens is 245 g/mol. The van der Waals surface area contributed by atoms with Crippen LogP contribution in [0, 0.1) is 17.8 Å². The highest BCUT2D eigenvalue weighted by Gasteiger charge is 2.43. The highest BCUT2D eigenvalue weighted by molar-refractivity contribution is 5.78. The second kappa shape index (κ2) is 5.47. The summed E-state index contributed by atoms with van der Waals surface area (Å²) in [4.78, 5) is 11.8. The number of halogens is 3. The molecule has 2 unspecified atom stereocenters. The summed E-state index contributed by atoms with van der Waals surface area (Å²) in [6.07, 6.45) is -2.95. The first kappa shape index (κ1) is 13.6. The van der Waals surface area contributed by atoms with Gasteiger partial charge in [-0.05, 0) is 19.3 Å². The van der Waals surface area contributed by atoms with Crippen LogP contribution in [0.25, 0.3) is 0 Å². The fourth-order valence-electron chi connectivity index (χ4n) is 2.61. The fourth-order valence-corrected chi connectivity index (χ4v) is 2.61. The minimum Gasteiger partial charge on any atom is -0.355 e. The van der Waals surface area contributed by atoms with Crippen molar-refractivity contribution in [2.45, 2.75) is 31.9 Å². The molecule has 3 nitrogen and oxygen atoms in total. The maximum absolute atomic E-state index is 12.6. The Kier molecular flexibility index (Phi) is 4.14. The first-order valence-electron chi connectivity index (χ1n) is 6.52. The summed E-state index contributed by atoms with van der Waals surface area (Å²) >= 11 is 0. The molecule has 0 aromatic heterocycles. The zero-order chi connectivity index (χ0) is 13.2. The molecular formula is C12H19F3N2O. The van der Waals surface area contributed by atoms with Crippen molar-refractivity contribution in [1.29, 1.82) is 0 Å². The van der Waals surface area contributed by atoms with Crippen molar-refractivity contribution in [1.82, 2.24) is 10.6 Å². The van der Waals surface area contributed by atoms with Gasteiger partial charge >= 0.3 is 6.18 Å². The Hall–Kier alpha value is -0.780. The van der Waals surface area contributed by atoms with E-state index in [9.17, 15) is 18.0 Å². The molecule has 6 heteroatoms. The van der Waals surface area contributed by atoms with Gasteiger partial charge in [-0.1, -0.05) is 6.42 Å². The molecule has 2 aliphatic rings. The van der Waals surface area contributed by atoms with Gasteiger partial charge in [0.15, 0.2) is 0 Å². The molecule has 0 aromatic carbocycles. The van der Waals surface area contributed by atoms with Crippen LogP contribution in [0.2, 0.25) is 0 Å². The number of rotatable bonds is 3. The van der Waals surface area contributed by atoms with E-state index in [0.29, 0.717) is 25.3 Å². The summed E-state index contributed by atoms with van der Waals surface area (Å²) in [5, 5.41) is 5.87. The maximum atomic E-state index is 12.6. The van der Waals surface area contributed by atoms with Gasteiger partial charge in [-0.25, -0.2) is 0 Å². The van der Waals surface area contributed by atoms with E-state index in [1.165, 1.54) is 0 Å².